The third-order valence-electron chi connectivity index (χ3n) is 4.70. The molecule has 1 N–H and O–H groups in total. The molecule has 0 unspecified atom stereocenters. The van der Waals surface area contributed by atoms with Crippen molar-refractivity contribution in [1.82, 2.24) is 4.57 Å². The molecule has 0 aliphatic carbocycles. The number of hydrogen-bond acceptors (Lipinski definition) is 2. The zero-order chi connectivity index (χ0) is 22.1. The van der Waals surface area contributed by atoms with Crippen LogP contribution in [0.1, 0.15) is 25.0 Å². The number of rotatable bonds is 7. The van der Waals surface area contributed by atoms with E-state index in [9.17, 15) is 4.79 Å². The van der Waals surface area contributed by atoms with Crippen molar-refractivity contribution in [2.45, 2.75) is 27.0 Å². The molecular formula is C26H27ClN2O2. The monoisotopic (exact) mass is 434 g/mol. The fourth-order valence-corrected chi connectivity index (χ4v) is 3.30. The van der Waals surface area contributed by atoms with Gasteiger partial charge in [0, 0.05) is 29.3 Å². The number of amides is 1. The SMILES string of the molecule is CC.O=C(CCl)Nc1ccc(Cn2ccc3cc(OCc4ccccc4)ccc32)cc1. The Bertz CT molecular complexity index is 1110. The second-order valence-electron chi connectivity index (χ2n) is 6.82. The molecule has 160 valence electrons. The highest BCUT2D eigenvalue weighted by Gasteiger charge is 2.05. The van der Waals surface area contributed by atoms with Gasteiger partial charge in [-0.05, 0) is 47.5 Å². The van der Waals surface area contributed by atoms with E-state index in [1.807, 2.05) is 62.4 Å². The van der Waals surface area contributed by atoms with Crippen molar-refractivity contribution in [1.29, 1.82) is 0 Å². The summed E-state index contributed by atoms with van der Waals surface area (Å²) in [6.07, 6.45) is 2.08. The smallest absolute Gasteiger partial charge is 0.239 e. The lowest BCUT2D eigenvalue weighted by molar-refractivity contribution is -0.113. The Hall–Kier alpha value is -3.24. The molecule has 0 aliphatic heterocycles. The number of alkyl halides is 1. The standard InChI is InChI=1S/C24H21ClN2O2.C2H6/c25-15-24(28)26-21-8-6-18(7-9-21)16-27-13-12-20-14-22(10-11-23(20)27)29-17-19-4-2-1-3-5-19;1-2/h1-14H,15-17H2,(H,26,28);1-2H3. The Kier molecular flexibility index (Phi) is 8.13. The highest BCUT2D eigenvalue weighted by atomic mass is 35.5. The van der Waals surface area contributed by atoms with Gasteiger partial charge in [-0.2, -0.15) is 0 Å². The maximum atomic E-state index is 11.4. The van der Waals surface area contributed by atoms with Crippen molar-refractivity contribution < 1.29 is 9.53 Å². The second kappa shape index (κ2) is 11.2. The number of carbonyl (C=O) groups excluding carboxylic acids is 1. The third-order valence-corrected chi connectivity index (χ3v) is 4.95. The lowest BCUT2D eigenvalue weighted by atomic mass is 10.2. The van der Waals surface area contributed by atoms with E-state index in [1.54, 1.807) is 0 Å². The van der Waals surface area contributed by atoms with Gasteiger partial charge in [-0.1, -0.05) is 56.3 Å². The molecule has 0 saturated heterocycles. The molecular weight excluding hydrogens is 408 g/mol. The molecule has 0 aliphatic rings. The number of ether oxygens (including phenoxy) is 1. The van der Waals surface area contributed by atoms with Gasteiger partial charge in [-0.25, -0.2) is 0 Å². The van der Waals surface area contributed by atoms with Crippen molar-refractivity contribution in [3.05, 3.63) is 96.2 Å². The third kappa shape index (κ3) is 6.12. The average molecular weight is 435 g/mol. The Morgan fingerprint density at radius 1 is 0.935 bits per heavy atom. The van der Waals surface area contributed by atoms with Crippen LogP contribution in [0.2, 0.25) is 0 Å². The maximum absolute atomic E-state index is 11.4. The number of hydrogen-bond donors (Lipinski definition) is 1. The summed E-state index contributed by atoms with van der Waals surface area (Å²) in [6, 6.07) is 26.2. The van der Waals surface area contributed by atoms with E-state index in [0.29, 0.717) is 6.61 Å². The van der Waals surface area contributed by atoms with Gasteiger partial charge in [0.15, 0.2) is 0 Å². The number of nitrogens with one attached hydrogen (secondary N) is 1. The first-order chi connectivity index (χ1) is 15.2. The van der Waals surface area contributed by atoms with Crippen molar-refractivity contribution >= 4 is 34.1 Å². The first-order valence-corrected chi connectivity index (χ1v) is 10.9. The van der Waals surface area contributed by atoms with Crippen LogP contribution in [0, 0.1) is 0 Å². The minimum absolute atomic E-state index is 0.0475. The molecule has 0 atom stereocenters. The normalized spacial score (nSPS) is 10.3. The zero-order valence-corrected chi connectivity index (χ0v) is 18.6. The Morgan fingerprint density at radius 2 is 1.68 bits per heavy atom. The van der Waals surface area contributed by atoms with Gasteiger partial charge < -0.3 is 14.6 Å². The molecule has 4 aromatic rings. The fraction of sp³-hybridized carbons (Fsp3) is 0.192. The first kappa shape index (κ1) is 22.4. The molecule has 1 heterocycles. The average Bonchev–Trinajstić information content (AvgIpc) is 3.22. The molecule has 1 aromatic heterocycles. The van der Waals surface area contributed by atoms with Gasteiger partial charge in [0.05, 0.1) is 0 Å². The fourth-order valence-electron chi connectivity index (χ4n) is 3.23. The molecule has 4 rings (SSSR count). The summed E-state index contributed by atoms with van der Waals surface area (Å²) in [7, 11) is 0. The van der Waals surface area contributed by atoms with E-state index >= 15 is 0 Å². The highest BCUT2D eigenvalue weighted by Crippen LogP contribution is 2.24. The molecule has 0 bridgehead atoms. The summed E-state index contributed by atoms with van der Waals surface area (Å²) in [5.41, 5.74) is 4.19. The minimum Gasteiger partial charge on any atom is -0.489 e. The van der Waals surface area contributed by atoms with Crippen molar-refractivity contribution in [3.8, 4) is 5.75 Å². The van der Waals surface area contributed by atoms with E-state index in [-0.39, 0.29) is 11.8 Å². The van der Waals surface area contributed by atoms with Crippen molar-refractivity contribution in [3.63, 3.8) is 0 Å². The summed E-state index contributed by atoms with van der Waals surface area (Å²) in [4.78, 5) is 11.4. The van der Waals surface area contributed by atoms with Crippen molar-refractivity contribution in [2.24, 2.45) is 0 Å². The van der Waals surface area contributed by atoms with Gasteiger partial charge in [0.25, 0.3) is 0 Å². The number of nitrogens with zero attached hydrogens (tertiary/aromatic N) is 1. The van der Waals surface area contributed by atoms with Crippen LogP contribution < -0.4 is 10.1 Å². The molecule has 4 nitrogen and oxygen atoms in total. The van der Waals surface area contributed by atoms with Gasteiger partial charge in [-0.15, -0.1) is 11.6 Å². The Labute approximate surface area is 188 Å². The number of carbonyl (C=O) groups is 1. The molecule has 3 aromatic carbocycles. The quantitative estimate of drug-likeness (QED) is 0.338. The largest absolute Gasteiger partial charge is 0.489 e. The van der Waals surface area contributed by atoms with Crippen LogP contribution in [0.15, 0.2) is 85.1 Å². The molecule has 0 radical (unpaired) electrons. The van der Waals surface area contributed by atoms with Crippen LogP contribution >= 0.6 is 11.6 Å². The van der Waals surface area contributed by atoms with E-state index < -0.39 is 0 Å². The van der Waals surface area contributed by atoms with E-state index in [1.165, 1.54) is 0 Å². The zero-order valence-electron chi connectivity index (χ0n) is 17.8. The highest BCUT2D eigenvalue weighted by molar-refractivity contribution is 6.29. The van der Waals surface area contributed by atoms with Gasteiger partial charge >= 0.3 is 0 Å². The summed E-state index contributed by atoms with van der Waals surface area (Å²) in [5, 5.41) is 3.89. The predicted octanol–water partition coefficient (Wildman–Crippen LogP) is 6.47. The lowest BCUT2D eigenvalue weighted by Gasteiger charge is -2.09. The molecule has 0 fully saturated rings. The maximum Gasteiger partial charge on any atom is 0.239 e. The van der Waals surface area contributed by atoms with E-state index in [0.717, 1.165) is 40.0 Å². The number of anilines is 1. The van der Waals surface area contributed by atoms with Crippen LogP contribution in [0.3, 0.4) is 0 Å². The molecule has 0 saturated carbocycles. The van der Waals surface area contributed by atoms with Crippen LogP contribution in [0.4, 0.5) is 5.69 Å². The van der Waals surface area contributed by atoms with Gasteiger partial charge in [-0.3, -0.25) is 4.79 Å². The number of halogens is 1. The molecule has 0 spiro atoms. The summed E-state index contributed by atoms with van der Waals surface area (Å²) >= 11 is 5.52. The lowest BCUT2D eigenvalue weighted by Crippen LogP contribution is -2.12. The second-order valence-corrected chi connectivity index (χ2v) is 7.08. The summed E-state index contributed by atoms with van der Waals surface area (Å²) in [5.74, 6) is 0.605. The summed E-state index contributed by atoms with van der Waals surface area (Å²) < 4.78 is 8.13. The van der Waals surface area contributed by atoms with Crippen LogP contribution in [-0.2, 0) is 17.9 Å². The number of benzene rings is 3. The van der Waals surface area contributed by atoms with Gasteiger partial charge in [0.1, 0.15) is 18.2 Å². The van der Waals surface area contributed by atoms with Gasteiger partial charge in [0.2, 0.25) is 5.91 Å². The molecule has 5 heteroatoms. The van der Waals surface area contributed by atoms with Crippen LogP contribution in [0.5, 0.6) is 5.75 Å². The summed E-state index contributed by atoms with van der Waals surface area (Å²) in [6.45, 7) is 5.30. The van der Waals surface area contributed by atoms with Crippen molar-refractivity contribution in [2.75, 3.05) is 11.2 Å². The van der Waals surface area contributed by atoms with E-state index in [4.69, 9.17) is 16.3 Å². The van der Waals surface area contributed by atoms with E-state index in [2.05, 4.69) is 46.4 Å². The molecule has 31 heavy (non-hydrogen) atoms. The Balaban J connectivity index is 0.00000132. The van der Waals surface area contributed by atoms with Crippen LogP contribution in [0.25, 0.3) is 10.9 Å². The first-order valence-electron chi connectivity index (χ1n) is 10.4. The topological polar surface area (TPSA) is 43.3 Å². The predicted molar refractivity (Wildman–Crippen MR) is 129 cm³/mol. The number of fused-ring (bicyclic) bond motifs is 1. The Morgan fingerprint density at radius 3 is 2.39 bits per heavy atom. The molecule has 1 amide bonds. The number of aromatic nitrogens is 1. The van der Waals surface area contributed by atoms with Crippen LogP contribution in [-0.4, -0.2) is 16.4 Å². The minimum atomic E-state index is -0.207.